The molecule has 1 heteroatoms. The van der Waals surface area contributed by atoms with Crippen molar-refractivity contribution in [2.75, 3.05) is 0 Å². The van der Waals surface area contributed by atoms with Crippen molar-refractivity contribution in [2.45, 2.75) is 35.1 Å². The molecule has 0 spiro atoms. The highest BCUT2D eigenvalue weighted by molar-refractivity contribution is 5.74. The summed E-state index contributed by atoms with van der Waals surface area (Å²) in [6.07, 6.45) is 0.833. The van der Waals surface area contributed by atoms with Crippen molar-refractivity contribution in [3.63, 3.8) is 0 Å². The fourth-order valence-electron chi connectivity index (χ4n) is 0.532. The van der Waals surface area contributed by atoms with Crippen molar-refractivity contribution in [1.82, 2.24) is 0 Å². The number of carbonyl (C=O) groups is 1. The molecule has 1 nitrogen and oxygen atoms in total. The summed E-state index contributed by atoms with van der Waals surface area (Å²) >= 11 is 0. The van der Waals surface area contributed by atoms with E-state index >= 15 is 0 Å². The predicted molar refractivity (Wildman–Crippen MR) is 61.3 cm³/mol. The van der Waals surface area contributed by atoms with E-state index in [2.05, 4.69) is 0 Å². The van der Waals surface area contributed by atoms with E-state index in [9.17, 15) is 4.79 Å². The summed E-state index contributed by atoms with van der Waals surface area (Å²) in [6, 6.07) is 9.10. The minimum atomic E-state index is 0. The van der Waals surface area contributed by atoms with Crippen molar-refractivity contribution in [1.29, 1.82) is 0 Å². The van der Waals surface area contributed by atoms with E-state index in [1.807, 2.05) is 45.9 Å². The minimum absolute atomic E-state index is 0. The fourth-order valence-corrected chi connectivity index (χ4v) is 0.532. The largest absolute Gasteiger partial charge is 0.298 e. The van der Waals surface area contributed by atoms with Crippen LogP contribution in [-0.4, -0.2) is 6.29 Å². The third kappa shape index (κ3) is 10.9. The molecule has 0 N–H and O–H groups in total. The van der Waals surface area contributed by atoms with Crippen LogP contribution in [0.5, 0.6) is 0 Å². The normalized spacial score (nSPS) is 6.15. The maximum atomic E-state index is 10.0. The van der Waals surface area contributed by atoms with E-state index in [-0.39, 0.29) is 7.43 Å². The summed E-state index contributed by atoms with van der Waals surface area (Å²) in [7, 11) is 0. The Labute approximate surface area is 82.8 Å². The van der Waals surface area contributed by atoms with Crippen molar-refractivity contribution in [3.05, 3.63) is 35.9 Å². The molecule has 0 saturated carbocycles. The first kappa shape index (κ1) is 17.8. The summed E-state index contributed by atoms with van der Waals surface area (Å²) in [5, 5.41) is 0. The quantitative estimate of drug-likeness (QED) is 0.595. The summed E-state index contributed by atoms with van der Waals surface area (Å²) in [5.41, 5.74) is 0.729. The maximum Gasteiger partial charge on any atom is 0.150 e. The van der Waals surface area contributed by atoms with Crippen LogP contribution in [-0.2, 0) is 0 Å². The Kier molecular flexibility index (Phi) is 23.5. The second kappa shape index (κ2) is 17.1. The van der Waals surface area contributed by atoms with E-state index in [1.54, 1.807) is 12.1 Å². The van der Waals surface area contributed by atoms with Gasteiger partial charge in [0.05, 0.1) is 0 Å². The number of hydrogen-bond donors (Lipinski definition) is 0. The highest BCUT2D eigenvalue weighted by Crippen LogP contribution is 1.91. The molecule has 0 aromatic heterocycles. The highest BCUT2D eigenvalue weighted by atomic mass is 16.1. The lowest BCUT2D eigenvalue weighted by Crippen LogP contribution is -1.73. The molecular weight excluding hydrogens is 160 g/mol. The maximum absolute atomic E-state index is 10.0. The van der Waals surface area contributed by atoms with Crippen LogP contribution in [0.1, 0.15) is 45.5 Å². The van der Waals surface area contributed by atoms with E-state index in [4.69, 9.17) is 0 Å². The van der Waals surface area contributed by atoms with Crippen LogP contribution < -0.4 is 0 Å². The van der Waals surface area contributed by atoms with E-state index in [0.717, 1.165) is 11.8 Å². The third-order valence-corrected chi connectivity index (χ3v) is 0.936. The lowest BCUT2D eigenvalue weighted by Gasteiger charge is -1.81. The van der Waals surface area contributed by atoms with Crippen molar-refractivity contribution < 1.29 is 4.79 Å². The summed E-state index contributed by atoms with van der Waals surface area (Å²) in [4.78, 5) is 10.0. The van der Waals surface area contributed by atoms with Crippen LogP contribution in [0.15, 0.2) is 30.3 Å². The molecule has 0 bridgehead atoms. The SMILES string of the molecule is C.CC.CC.O=Cc1ccccc1. The highest BCUT2D eigenvalue weighted by Gasteiger charge is 1.79. The van der Waals surface area contributed by atoms with Crippen LogP contribution in [0.4, 0.5) is 0 Å². The lowest BCUT2D eigenvalue weighted by atomic mass is 10.2. The van der Waals surface area contributed by atoms with Gasteiger partial charge in [0.25, 0.3) is 0 Å². The Bertz CT molecular complexity index is 168. The molecule has 0 atom stereocenters. The second-order valence-corrected chi connectivity index (χ2v) is 1.53. The van der Waals surface area contributed by atoms with Gasteiger partial charge in [-0.15, -0.1) is 0 Å². The zero-order valence-corrected chi connectivity index (χ0v) is 8.37. The van der Waals surface area contributed by atoms with E-state index in [0.29, 0.717) is 0 Å². The van der Waals surface area contributed by atoms with Gasteiger partial charge in [-0.2, -0.15) is 0 Å². The summed E-state index contributed by atoms with van der Waals surface area (Å²) in [6.45, 7) is 8.00. The number of hydrogen-bond acceptors (Lipinski definition) is 1. The van der Waals surface area contributed by atoms with Crippen LogP contribution in [0, 0.1) is 0 Å². The average molecular weight is 182 g/mol. The first-order valence-corrected chi connectivity index (χ1v) is 4.44. The van der Waals surface area contributed by atoms with Crippen LogP contribution in [0.3, 0.4) is 0 Å². The molecule has 0 heterocycles. The molecule has 0 fully saturated rings. The smallest absolute Gasteiger partial charge is 0.150 e. The number of benzene rings is 1. The Hall–Kier alpha value is -1.11. The zero-order valence-electron chi connectivity index (χ0n) is 8.37. The second-order valence-electron chi connectivity index (χ2n) is 1.53. The molecule has 13 heavy (non-hydrogen) atoms. The molecule has 1 aromatic rings. The molecule has 0 saturated heterocycles. The number of aldehydes is 1. The Morgan fingerprint density at radius 3 is 1.54 bits per heavy atom. The van der Waals surface area contributed by atoms with Gasteiger partial charge < -0.3 is 0 Å². The van der Waals surface area contributed by atoms with Gasteiger partial charge in [0.15, 0.2) is 0 Å². The lowest BCUT2D eigenvalue weighted by molar-refractivity contribution is 0.112. The zero-order chi connectivity index (χ0) is 9.82. The van der Waals surface area contributed by atoms with E-state index in [1.165, 1.54) is 0 Å². The molecule has 1 rings (SSSR count). The number of rotatable bonds is 1. The molecule has 76 valence electrons. The van der Waals surface area contributed by atoms with Crippen molar-refractivity contribution >= 4 is 6.29 Å². The van der Waals surface area contributed by atoms with Gasteiger partial charge in [0.2, 0.25) is 0 Å². The third-order valence-electron chi connectivity index (χ3n) is 0.936. The molecule has 1 aromatic carbocycles. The topological polar surface area (TPSA) is 17.1 Å². The molecule has 0 aliphatic rings. The van der Waals surface area contributed by atoms with Crippen molar-refractivity contribution in [3.8, 4) is 0 Å². The Morgan fingerprint density at radius 1 is 0.923 bits per heavy atom. The van der Waals surface area contributed by atoms with Gasteiger partial charge in [-0.05, 0) is 0 Å². The predicted octanol–water partition coefficient (Wildman–Crippen LogP) is 4.19. The van der Waals surface area contributed by atoms with E-state index < -0.39 is 0 Å². The average Bonchev–Trinajstić information content (AvgIpc) is 2.25. The van der Waals surface area contributed by atoms with Gasteiger partial charge in [0.1, 0.15) is 6.29 Å². The fraction of sp³-hybridized carbons (Fsp3) is 0.417. The standard InChI is InChI=1S/C7H6O.2C2H6.CH4/c8-6-7-4-2-1-3-5-7;2*1-2;/h1-6H;2*1-2H3;1H4. The first-order chi connectivity index (χ1) is 5.93. The van der Waals surface area contributed by atoms with Crippen molar-refractivity contribution in [2.24, 2.45) is 0 Å². The molecule has 0 aliphatic heterocycles. The summed E-state index contributed by atoms with van der Waals surface area (Å²) < 4.78 is 0. The molecule has 0 amide bonds. The minimum Gasteiger partial charge on any atom is -0.298 e. The van der Waals surface area contributed by atoms with Crippen LogP contribution in [0.2, 0.25) is 0 Å². The Balaban J connectivity index is -0.000000178. The molecule has 0 radical (unpaired) electrons. The van der Waals surface area contributed by atoms with Crippen LogP contribution >= 0.6 is 0 Å². The van der Waals surface area contributed by atoms with Gasteiger partial charge in [-0.3, -0.25) is 4.79 Å². The molecule has 0 aliphatic carbocycles. The number of carbonyl (C=O) groups excluding carboxylic acids is 1. The first-order valence-electron chi connectivity index (χ1n) is 4.44. The molecular formula is C12H22O. The molecule has 0 unspecified atom stereocenters. The van der Waals surface area contributed by atoms with Gasteiger partial charge >= 0.3 is 0 Å². The monoisotopic (exact) mass is 182 g/mol. The van der Waals surface area contributed by atoms with Gasteiger partial charge in [-0.25, -0.2) is 0 Å². The Morgan fingerprint density at radius 2 is 1.31 bits per heavy atom. The van der Waals surface area contributed by atoms with Gasteiger partial charge in [-0.1, -0.05) is 65.5 Å². The summed E-state index contributed by atoms with van der Waals surface area (Å²) in [5.74, 6) is 0. The van der Waals surface area contributed by atoms with Crippen LogP contribution in [0.25, 0.3) is 0 Å². The van der Waals surface area contributed by atoms with Gasteiger partial charge in [0, 0.05) is 5.56 Å².